The number of rotatable bonds is 4. The molecule has 0 bridgehead atoms. The van der Waals surface area contributed by atoms with Gasteiger partial charge >= 0.3 is 5.97 Å². The SMILES string of the molecule is Cn1cc(C(=O)OCc2ccc(-c3ccccc3C#N)cc2)cn1. The van der Waals surface area contributed by atoms with Crippen LogP contribution in [0.25, 0.3) is 11.1 Å². The molecule has 0 N–H and O–H groups in total. The molecule has 0 spiro atoms. The summed E-state index contributed by atoms with van der Waals surface area (Å²) < 4.78 is 6.83. The van der Waals surface area contributed by atoms with E-state index in [4.69, 9.17) is 4.74 Å². The van der Waals surface area contributed by atoms with Crippen LogP contribution in [0.15, 0.2) is 60.9 Å². The molecule has 0 unspecified atom stereocenters. The van der Waals surface area contributed by atoms with Crippen LogP contribution in [-0.4, -0.2) is 15.7 Å². The summed E-state index contributed by atoms with van der Waals surface area (Å²) in [7, 11) is 1.74. The van der Waals surface area contributed by atoms with E-state index in [0.717, 1.165) is 16.7 Å². The summed E-state index contributed by atoms with van der Waals surface area (Å²) >= 11 is 0. The second kappa shape index (κ2) is 6.80. The highest BCUT2D eigenvalue weighted by molar-refractivity contribution is 5.88. The molecule has 2 aromatic carbocycles. The molecule has 3 aromatic rings. The topological polar surface area (TPSA) is 67.9 Å². The largest absolute Gasteiger partial charge is 0.457 e. The minimum absolute atomic E-state index is 0.188. The van der Waals surface area contributed by atoms with Gasteiger partial charge in [0.1, 0.15) is 6.61 Å². The van der Waals surface area contributed by atoms with Crippen molar-refractivity contribution in [2.45, 2.75) is 6.61 Å². The number of nitriles is 1. The number of nitrogens with zero attached hydrogens (tertiary/aromatic N) is 3. The predicted octanol–water partition coefficient (Wildman–Crippen LogP) is 3.32. The lowest BCUT2D eigenvalue weighted by molar-refractivity contribution is 0.0472. The second-order valence-electron chi connectivity index (χ2n) is 5.33. The average Bonchev–Trinajstić information content (AvgIpc) is 3.06. The molecule has 3 rings (SSSR count). The predicted molar refractivity (Wildman–Crippen MR) is 88.9 cm³/mol. The molecule has 0 saturated carbocycles. The number of carbonyl (C=O) groups excluding carboxylic acids is 1. The number of hydrogen-bond donors (Lipinski definition) is 0. The molecule has 0 aliphatic carbocycles. The Bertz CT molecular complexity index is 905. The number of ether oxygens (including phenoxy) is 1. The van der Waals surface area contributed by atoms with E-state index >= 15 is 0 Å². The molecule has 0 atom stereocenters. The fourth-order valence-electron chi connectivity index (χ4n) is 2.37. The standard InChI is InChI=1S/C19H15N3O2/c1-22-12-17(11-21-22)19(23)24-13-14-6-8-15(9-7-14)18-5-3-2-4-16(18)10-20/h2-9,11-12H,13H2,1H3. The van der Waals surface area contributed by atoms with Crippen LogP contribution in [0, 0.1) is 11.3 Å². The van der Waals surface area contributed by atoms with Gasteiger partial charge in [-0.3, -0.25) is 4.68 Å². The molecule has 5 nitrogen and oxygen atoms in total. The molecule has 0 fully saturated rings. The van der Waals surface area contributed by atoms with Crippen molar-refractivity contribution < 1.29 is 9.53 Å². The number of aromatic nitrogens is 2. The third-order valence-electron chi connectivity index (χ3n) is 3.62. The van der Waals surface area contributed by atoms with E-state index in [-0.39, 0.29) is 6.61 Å². The first kappa shape index (κ1) is 15.5. The lowest BCUT2D eigenvalue weighted by Crippen LogP contribution is -2.04. The highest BCUT2D eigenvalue weighted by Gasteiger charge is 2.10. The Morgan fingerprint density at radius 2 is 1.96 bits per heavy atom. The Balaban J connectivity index is 1.69. The molecular weight excluding hydrogens is 302 g/mol. The highest BCUT2D eigenvalue weighted by Crippen LogP contribution is 2.23. The molecule has 118 valence electrons. The van der Waals surface area contributed by atoms with Crippen molar-refractivity contribution in [3.8, 4) is 17.2 Å². The summed E-state index contributed by atoms with van der Waals surface area (Å²) in [6, 6.07) is 17.3. The van der Waals surface area contributed by atoms with Gasteiger partial charge in [0.2, 0.25) is 0 Å². The maximum Gasteiger partial charge on any atom is 0.341 e. The van der Waals surface area contributed by atoms with E-state index in [1.165, 1.54) is 6.20 Å². The number of carbonyl (C=O) groups is 1. The van der Waals surface area contributed by atoms with Crippen molar-refractivity contribution in [2.75, 3.05) is 0 Å². The number of esters is 1. The Morgan fingerprint density at radius 1 is 1.21 bits per heavy atom. The lowest BCUT2D eigenvalue weighted by Gasteiger charge is -2.07. The number of benzene rings is 2. The van der Waals surface area contributed by atoms with E-state index in [1.807, 2.05) is 42.5 Å². The van der Waals surface area contributed by atoms with Crippen LogP contribution in [0.2, 0.25) is 0 Å². The molecule has 5 heteroatoms. The lowest BCUT2D eigenvalue weighted by atomic mass is 9.99. The van der Waals surface area contributed by atoms with Gasteiger partial charge in [-0.05, 0) is 22.8 Å². The minimum Gasteiger partial charge on any atom is -0.457 e. The Morgan fingerprint density at radius 3 is 2.62 bits per heavy atom. The van der Waals surface area contributed by atoms with Gasteiger partial charge in [-0.15, -0.1) is 0 Å². The normalized spacial score (nSPS) is 10.2. The summed E-state index contributed by atoms with van der Waals surface area (Å²) in [5.74, 6) is -0.401. The Hall–Kier alpha value is -3.39. The molecule has 1 heterocycles. The quantitative estimate of drug-likeness (QED) is 0.692. The van der Waals surface area contributed by atoms with Gasteiger partial charge < -0.3 is 4.74 Å². The van der Waals surface area contributed by atoms with E-state index in [9.17, 15) is 10.1 Å². The van der Waals surface area contributed by atoms with Crippen molar-refractivity contribution in [3.05, 3.63) is 77.6 Å². The van der Waals surface area contributed by atoms with Gasteiger partial charge in [-0.1, -0.05) is 42.5 Å². The first-order valence-electron chi connectivity index (χ1n) is 7.41. The minimum atomic E-state index is -0.401. The zero-order chi connectivity index (χ0) is 16.9. The monoisotopic (exact) mass is 317 g/mol. The molecule has 0 amide bonds. The van der Waals surface area contributed by atoms with Crippen LogP contribution in [0.4, 0.5) is 0 Å². The number of aryl methyl sites for hydroxylation is 1. The maximum absolute atomic E-state index is 11.9. The summed E-state index contributed by atoms with van der Waals surface area (Å²) in [6.07, 6.45) is 3.09. The Kier molecular flexibility index (Phi) is 4.39. The Labute approximate surface area is 139 Å². The molecule has 0 aliphatic heterocycles. The van der Waals surface area contributed by atoms with Crippen LogP contribution in [0.5, 0.6) is 0 Å². The van der Waals surface area contributed by atoms with Crippen molar-refractivity contribution in [1.29, 1.82) is 5.26 Å². The van der Waals surface area contributed by atoms with Crippen LogP contribution in [0.3, 0.4) is 0 Å². The second-order valence-corrected chi connectivity index (χ2v) is 5.33. The van der Waals surface area contributed by atoms with Crippen molar-refractivity contribution >= 4 is 5.97 Å². The van der Waals surface area contributed by atoms with Gasteiger partial charge in [-0.25, -0.2) is 4.79 Å². The van der Waals surface area contributed by atoms with Crippen LogP contribution < -0.4 is 0 Å². The van der Waals surface area contributed by atoms with Crippen molar-refractivity contribution in [1.82, 2.24) is 9.78 Å². The van der Waals surface area contributed by atoms with E-state index < -0.39 is 5.97 Å². The zero-order valence-electron chi connectivity index (χ0n) is 13.1. The van der Waals surface area contributed by atoms with Crippen molar-refractivity contribution in [2.24, 2.45) is 7.05 Å². The van der Waals surface area contributed by atoms with Crippen molar-refractivity contribution in [3.63, 3.8) is 0 Å². The molecule has 0 radical (unpaired) electrons. The first-order valence-corrected chi connectivity index (χ1v) is 7.41. The summed E-state index contributed by atoms with van der Waals surface area (Å²) in [4.78, 5) is 11.9. The maximum atomic E-state index is 11.9. The molecule has 0 aliphatic rings. The van der Waals surface area contributed by atoms with Gasteiger partial charge in [0.25, 0.3) is 0 Å². The summed E-state index contributed by atoms with van der Waals surface area (Å²) in [5.41, 5.74) is 3.78. The summed E-state index contributed by atoms with van der Waals surface area (Å²) in [6.45, 7) is 0.188. The van der Waals surface area contributed by atoms with Crippen LogP contribution >= 0.6 is 0 Å². The smallest absolute Gasteiger partial charge is 0.341 e. The third-order valence-corrected chi connectivity index (χ3v) is 3.62. The fourth-order valence-corrected chi connectivity index (χ4v) is 2.37. The highest BCUT2D eigenvalue weighted by atomic mass is 16.5. The average molecular weight is 317 g/mol. The van der Waals surface area contributed by atoms with Crippen LogP contribution in [0.1, 0.15) is 21.5 Å². The summed E-state index contributed by atoms with van der Waals surface area (Å²) in [5, 5.41) is 13.1. The third kappa shape index (κ3) is 3.33. The number of hydrogen-bond acceptors (Lipinski definition) is 4. The zero-order valence-corrected chi connectivity index (χ0v) is 13.1. The van der Waals surface area contributed by atoms with E-state index in [2.05, 4.69) is 11.2 Å². The first-order chi connectivity index (χ1) is 11.7. The molecular formula is C19H15N3O2. The van der Waals surface area contributed by atoms with Gasteiger partial charge in [0, 0.05) is 13.2 Å². The van der Waals surface area contributed by atoms with Gasteiger partial charge in [0.05, 0.1) is 23.4 Å². The van der Waals surface area contributed by atoms with E-state index in [1.54, 1.807) is 24.0 Å². The van der Waals surface area contributed by atoms with Gasteiger partial charge in [0.15, 0.2) is 0 Å². The molecule has 0 saturated heterocycles. The van der Waals surface area contributed by atoms with Crippen LogP contribution in [-0.2, 0) is 18.4 Å². The van der Waals surface area contributed by atoms with Gasteiger partial charge in [-0.2, -0.15) is 10.4 Å². The van der Waals surface area contributed by atoms with E-state index in [0.29, 0.717) is 11.1 Å². The fraction of sp³-hybridized carbons (Fsp3) is 0.105. The molecule has 24 heavy (non-hydrogen) atoms. The molecule has 1 aromatic heterocycles.